The molecule has 0 spiro atoms. The molecule has 2 atom stereocenters. The summed E-state index contributed by atoms with van der Waals surface area (Å²) in [7, 11) is 0. The molecule has 9 rings (SSSR count). The van der Waals surface area contributed by atoms with Crippen LogP contribution in [0.4, 0.5) is 0 Å². The predicted molar refractivity (Wildman–Crippen MR) is 218 cm³/mol. The maximum atomic E-state index is 14.1. The lowest BCUT2D eigenvalue weighted by molar-refractivity contribution is -0.135. The van der Waals surface area contributed by atoms with E-state index in [0.29, 0.717) is 55.2 Å². The molecule has 4 aromatic rings. The van der Waals surface area contributed by atoms with E-state index < -0.39 is 23.6 Å². The van der Waals surface area contributed by atoms with Gasteiger partial charge < -0.3 is 35.5 Å². The maximum Gasteiger partial charge on any atom is 0.263 e. The molecule has 1 fully saturated rings. The second-order valence-electron chi connectivity index (χ2n) is 15.3. The van der Waals surface area contributed by atoms with Crippen LogP contribution in [0.2, 0.25) is 0 Å². The number of hydrogen-bond acceptors (Lipinski definition) is 7. The van der Waals surface area contributed by atoms with E-state index in [2.05, 4.69) is 21.3 Å². The van der Waals surface area contributed by atoms with Gasteiger partial charge in [-0.05, 0) is 93.7 Å². The zero-order chi connectivity index (χ0) is 40.2. The predicted octanol–water partition coefficient (Wildman–Crippen LogP) is 6.14. The molecule has 1 saturated carbocycles. The Morgan fingerprint density at radius 1 is 0.754 bits per heavy atom. The van der Waals surface area contributed by atoms with Crippen LogP contribution < -0.4 is 35.5 Å². The monoisotopic (exact) mass is 774 g/mol. The first-order valence-electron chi connectivity index (χ1n) is 20.0. The molecule has 0 radical (unpaired) electrons. The van der Waals surface area contributed by atoms with E-state index >= 15 is 0 Å². The Labute approximate surface area is 335 Å². The summed E-state index contributed by atoms with van der Waals surface area (Å²) in [5, 5.41) is 12.2. The van der Waals surface area contributed by atoms with Crippen molar-refractivity contribution in [2.75, 3.05) is 13.2 Å². The topological polar surface area (TPSA) is 144 Å². The number of amides is 4. The van der Waals surface area contributed by atoms with Gasteiger partial charge in [-0.3, -0.25) is 19.2 Å². The van der Waals surface area contributed by atoms with Crippen molar-refractivity contribution >= 4 is 23.6 Å². The highest BCUT2D eigenvalue weighted by Crippen LogP contribution is 2.36. The van der Waals surface area contributed by atoms with E-state index in [-0.39, 0.29) is 49.1 Å². The molecule has 4 aromatic carbocycles. The van der Waals surface area contributed by atoms with Gasteiger partial charge in [0.1, 0.15) is 24.4 Å². The number of para-hydroxylation sites is 1. The van der Waals surface area contributed by atoms with Gasteiger partial charge >= 0.3 is 0 Å². The van der Waals surface area contributed by atoms with Crippen LogP contribution in [0.25, 0.3) is 0 Å². The summed E-state index contributed by atoms with van der Waals surface area (Å²) in [5.41, 5.74) is 2.00. The number of ether oxygens (including phenoxy) is 3. The molecule has 4 aliphatic heterocycles. The molecule has 57 heavy (non-hydrogen) atoms. The van der Waals surface area contributed by atoms with Gasteiger partial charge in [-0.25, -0.2) is 0 Å². The molecule has 11 heteroatoms. The largest absolute Gasteiger partial charge is 0.490 e. The fourth-order valence-electron chi connectivity index (χ4n) is 7.34. The van der Waals surface area contributed by atoms with Crippen molar-refractivity contribution < 1.29 is 33.4 Å². The molecule has 11 nitrogen and oxygen atoms in total. The lowest BCUT2D eigenvalue weighted by Crippen LogP contribution is -2.52. The van der Waals surface area contributed by atoms with Crippen molar-refractivity contribution in [3.05, 3.63) is 125 Å². The van der Waals surface area contributed by atoms with Crippen LogP contribution in [0.5, 0.6) is 17.2 Å². The molecular formula is C46H54N4O7. The van der Waals surface area contributed by atoms with E-state index in [1.165, 1.54) is 0 Å². The average Bonchev–Trinajstić information content (AvgIpc) is 3.21. The van der Waals surface area contributed by atoms with Crippen molar-refractivity contribution in [1.82, 2.24) is 21.3 Å². The average molecular weight is 775 g/mol. The van der Waals surface area contributed by atoms with Crippen molar-refractivity contribution in [2.45, 2.75) is 96.1 Å². The lowest BCUT2D eigenvalue weighted by Gasteiger charge is -2.33. The molecule has 4 amide bonds. The Bertz CT molecular complexity index is 1960. The summed E-state index contributed by atoms with van der Waals surface area (Å²) >= 11 is 0. The highest BCUT2D eigenvalue weighted by molar-refractivity contribution is 5.93. The Hall–Kier alpha value is -5.84. The third-order valence-corrected chi connectivity index (χ3v) is 10.6. The fraction of sp³-hybridized carbons (Fsp3) is 0.391. The first kappa shape index (κ1) is 40.8. The normalized spacial score (nSPS) is 22.3. The second kappa shape index (κ2) is 19.3. The summed E-state index contributed by atoms with van der Waals surface area (Å²) in [6.45, 7) is 6.33. The smallest absolute Gasteiger partial charge is 0.263 e. The van der Waals surface area contributed by atoms with E-state index in [0.717, 1.165) is 29.5 Å². The second-order valence-corrected chi connectivity index (χ2v) is 15.3. The lowest BCUT2D eigenvalue weighted by atomic mass is 9.83. The first-order valence-corrected chi connectivity index (χ1v) is 20.0. The number of benzene rings is 4. The third kappa shape index (κ3) is 11.4. The molecule has 1 aliphatic carbocycles. The Morgan fingerprint density at radius 2 is 1.46 bits per heavy atom. The zero-order valence-corrected chi connectivity index (χ0v) is 33.1. The maximum absolute atomic E-state index is 14.1. The van der Waals surface area contributed by atoms with E-state index in [4.69, 9.17) is 14.2 Å². The van der Waals surface area contributed by atoms with Crippen LogP contribution in [0, 0.1) is 5.92 Å². The molecule has 0 aromatic heterocycles. The van der Waals surface area contributed by atoms with Gasteiger partial charge in [0.2, 0.25) is 17.7 Å². The van der Waals surface area contributed by atoms with Crippen LogP contribution in [0.15, 0.2) is 103 Å². The highest BCUT2D eigenvalue weighted by atomic mass is 16.5. The summed E-state index contributed by atoms with van der Waals surface area (Å²) < 4.78 is 18.6. The van der Waals surface area contributed by atoms with Crippen molar-refractivity contribution in [2.24, 2.45) is 5.92 Å². The molecule has 5 aliphatic rings. The van der Waals surface area contributed by atoms with Crippen LogP contribution >= 0.6 is 0 Å². The quantitative estimate of drug-likeness (QED) is 0.191. The van der Waals surface area contributed by atoms with Gasteiger partial charge in [-0.1, -0.05) is 84.9 Å². The number of rotatable bonds is 5. The van der Waals surface area contributed by atoms with Crippen molar-refractivity contribution in [1.29, 1.82) is 0 Å². The minimum Gasteiger partial charge on any atom is -0.490 e. The molecule has 300 valence electrons. The molecular weight excluding hydrogens is 721 g/mol. The molecule has 4 bridgehead atoms. The van der Waals surface area contributed by atoms with Crippen molar-refractivity contribution in [3.63, 3.8) is 0 Å². The fourth-order valence-corrected chi connectivity index (χ4v) is 7.34. The molecule has 4 N–H and O–H groups in total. The summed E-state index contributed by atoms with van der Waals surface area (Å²) in [6.07, 6.45) is 3.93. The SMILES string of the molecule is CCOc1cccc2c1OC(C)(C)C(=O)NC1CCC(CC1)CC(=O)N[C@@H](c1ccccc1)C(=O)N[C@H](Cc1ccccc1)C(=O)NCCc1ccc(cc1)OC2. The van der Waals surface area contributed by atoms with E-state index in [9.17, 15) is 19.2 Å². The summed E-state index contributed by atoms with van der Waals surface area (Å²) in [4.78, 5) is 55.1. The number of hydrogen-bond donors (Lipinski definition) is 4. The Balaban J connectivity index is 1.25. The minimum absolute atomic E-state index is 0.0780. The third-order valence-electron chi connectivity index (χ3n) is 10.6. The van der Waals surface area contributed by atoms with Gasteiger partial charge in [0.25, 0.3) is 5.91 Å². The molecule has 0 saturated heterocycles. The number of carbonyl (C=O) groups excluding carboxylic acids is 4. The Kier molecular flexibility index (Phi) is 13.9. The highest BCUT2D eigenvalue weighted by Gasteiger charge is 2.35. The van der Waals surface area contributed by atoms with Crippen LogP contribution in [0.3, 0.4) is 0 Å². The summed E-state index contributed by atoms with van der Waals surface area (Å²) in [5.74, 6) is 0.421. The minimum atomic E-state index is -1.23. The van der Waals surface area contributed by atoms with Gasteiger partial charge in [0, 0.05) is 31.0 Å². The molecule has 0 unspecified atom stereocenters. The standard InChI is InChI=1S/C46H54N4O7/c1-4-55-39-17-11-16-35-30-56-37-24-20-31(21-25-37)26-27-47-43(52)38(28-32-12-7-5-8-13-32)49-44(53)41(34-14-9-6-10-15-34)50-40(51)29-33-18-22-36(23-19-33)48-45(54)46(2,3)57-42(35)39/h5-17,20-21,24-25,33,36,38,41H,4,18-19,22-23,26-30H2,1-3H3,(H,47,52)(H,48,54)(H,49,53)(H,50,51)/t33?,36?,38-,41+/m1/s1. The van der Waals surface area contributed by atoms with Gasteiger partial charge in [0.05, 0.1) is 6.61 Å². The molecule has 4 heterocycles. The van der Waals surface area contributed by atoms with Gasteiger partial charge in [0.15, 0.2) is 17.1 Å². The van der Waals surface area contributed by atoms with Crippen molar-refractivity contribution in [3.8, 4) is 17.2 Å². The van der Waals surface area contributed by atoms with Gasteiger partial charge in [-0.15, -0.1) is 0 Å². The number of carbonyl (C=O) groups is 4. The van der Waals surface area contributed by atoms with Gasteiger partial charge in [-0.2, -0.15) is 0 Å². The van der Waals surface area contributed by atoms with Crippen LogP contribution in [-0.4, -0.2) is 54.5 Å². The first-order chi connectivity index (χ1) is 27.6. The van der Waals surface area contributed by atoms with Crippen LogP contribution in [-0.2, 0) is 38.6 Å². The van der Waals surface area contributed by atoms with E-state index in [1.807, 2.05) is 97.9 Å². The van der Waals surface area contributed by atoms with E-state index in [1.54, 1.807) is 26.0 Å². The Morgan fingerprint density at radius 3 is 2.16 bits per heavy atom. The summed E-state index contributed by atoms with van der Waals surface area (Å²) in [6, 6.07) is 29.9. The van der Waals surface area contributed by atoms with Crippen LogP contribution in [0.1, 0.15) is 81.2 Å². The zero-order valence-electron chi connectivity index (χ0n) is 33.1. The number of nitrogens with one attached hydrogen (secondary N) is 4.